The molecule has 136 valence electrons. The topological polar surface area (TPSA) is 70.6 Å². The van der Waals surface area contributed by atoms with Gasteiger partial charge in [-0.15, -0.1) is 0 Å². The van der Waals surface area contributed by atoms with E-state index in [2.05, 4.69) is 15.8 Å². The number of hydrogen-bond donors (Lipinski definition) is 2. The second kappa shape index (κ2) is 9.73. The van der Waals surface area contributed by atoms with E-state index in [-0.39, 0.29) is 17.7 Å². The van der Waals surface area contributed by atoms with Crippen LogP contribution in [0.1, 0.15) is 36.2 Å². The summed E-state index contributed by atoms with van der Waals surface area (Å²) in [5, 5.41) is 7.28. The van der Waals surface area contributed by atoms with Crippen LogP contribution >= 0.6 is 11.6 Å². The van der Waals surface area contributed by atoms with Crippen LogP contribution in [-0.4, -0.2) is 24.1 Å². The van der Waals surface area contributed by atoms with Crippen molar-refractivity contribution in [2.24, 2.45) is 11.0 Å². The molecular formula is C20H22ClN3O2. The van der Waals surface area contributed by atoms with E-state index in [9.17, 15) is 9.59 Å². The molecule has 2 N–H and O–H groups in total. The smallest absolute Gasteiger partial charge is 0.262 e. The molecule has 5 nitrogen and oxygen atoms in total. The molecule has 0 fully saturated rings. The molecule has 0 radical (unpaired) electrons. The lowest BCUT2D eigenvalue weighted by molar-refractivity contribution is -0.123. The Kier molecular flexibility index (Phi) is 7.36. The zero-order valence-electron chi connectivity index (χ0n) is 14.8. The van der Waals surface area contributed by atoms with Gasteiger partial charge in [0.1, 0.15) is 6.04 Å². The van der Waals surface area contributed by atoms with Crippen molar-refractivity contribution in [1.82, 2.24) is 10.7 Å². The molecule has 1 unspecified atom stereocenters. The molecule has 0 saturated carbocycles. The van der Waals surface area contributed by atoms with Gasteiger partial charge in [-0.1, -0.05) is 55.8 Å². The summed E-state index contributed by atoms with van der Waals surface area (Å²) in [4.78, 5) is 24.8. The molecule has 6 heteroatoms. The van der Waals surface area contributed by atoms with Gasteiger partial charge in [0.15, 0.2) is 0 Å². The maximum Gasteiger partial charge on any atom is 0.262 e. The molecule has 2 aromatic carbocycles. The van der Waals surface area contributed by atoms with E-state index >= 15 is 0 Å². The van der Waals surface area contributed by atoms with Crippen LogP contribution in [0.4, 0.5) is 0 Å². The molecular weight excluding hydrogens is 350 g/mol. The van der Waals surface area contributed by atoms with Gasteiger partial charge >= 0.3 is 0 Å². The molecule has 26 heavy (non-hydrogen) atoms. The second-order valence-corrected chi connectivity index (χ2v) is 6.74. The Bertz CT molecular complexity index is 758. The molecule has 0 aliphatic heterocycles. The number of halogens is 1. The van der Waals surface area contributed by atoms with Crippen molar-refractivity contribution in [3.8, 4) is 0 Å². The Morgan fingerprint density at radius 2 is 1.73 bits per heavy atom. The molecule has 0 heterocycles. The third-order valence-electron chi connectivity index (χ3n) is 3.62. The predicted molar refractivity (Wildman–Crippen MR) is 104 cm³/mol. The average Bonchev–Trinajstić information content (AvgIpc) is 2.62. The fourth-order valence-electron chi connectivity index (χ4n) is 2.33. The lowest BCUT2D eigenvalue weighted by Crippen LogP contribution is -2.46. The summed E-state index contributed by atoms with van der Waals surface area (Å²) in [5.41, 5.74) is 3.82. The first kappa shape index (κ1) is 19.7. The quantitative estimate of drug-likeness (QED) is 0.576. The number of benzene rings is 2. The van der Waals surface area contributed by atoms with E-state index in [4.69, 9.17) is 11.6 Å². The molecule has 0 bridgehead atoms. The van der Waals surface area contributed by atoms with Gasteiger partial charge in [0.05, 0.1) is 6.21 Å². The molecule has 0 aliphatic rings. The number of hydrogen-bond acceptors (Lipinski definition) is 3. The first-order chi connectivity index (χ1) is 12.5. The molecule has 0 spiro atoms. The SMILES string of the molecule is CC(C)CC(NC(=O)c1ccc(Cl)cc1)C(=O)N/N=C/c1ccccc1. The fraction of sp³-hybridized carbons (Fsp3) is 0.250. The largest absolute Gasteiger partial charge is 0.340 e. The van der Waals surface area contributed by atoms with Gasteiger partial charge in [0, 0.05) is 10.6 Å². The van der Waals surface area contributed by atoms with Crippen LogP contribution in [0.5, 0.6) is 0 Å². The van der Waals surface area contributed by atoms with Crippen molar-refractivity contribution in [2.45, 2.75) is 26.3 Å². The van der Waals surface area contributed by atoms with E-state index in [1.165, 1.54) is 0 Å². The van der Waals surface area contributed by atoms with Crippen molar-refractivity contribution >= 4 is 29.6 Å². The van der Waals surface area contributed by atoms with E-state index < -0.39 is 6.04 Å². The highest BCUT2D eigenvalue weighted by molar-refractivity contribution is 6.30. The van der Waals surface area contributed by atoms with E-state index in [1.807, 2.05) is 44.2 Å². The number of hydrazone groups is 1. The van der Waals surface area contributed by atoms with Gasteiger partial charge in [-0.2, -0.15) is 5.10 Å². The lowest BCUT2D eigenvalue weighted by Gasteiger charge is -2.19. The Balaban J connectivity index is 2.01. The Labute approximate surface area is 158 Å². The van der Waals surface area contributed by atoms with Crippen LogP contribution in [0.3, 0.4) is 0 Å². The van der Waals surface area contributed by atoms with Gasteiger partial charge in [-0.25, -0.2) is 5.43 Å². The Morgan fingerprint density at radius 1 is 1.08 bits per heavy atom. The highest BCUT2D eigenvalue weighted by Crippen LogP contribution is 2.11. The monoisotopic (exact) mass is 371 g/mol. The highest BCUT2D eigenvalue weighted by Gasteiger charge is 2.22. The number of rotatable bonds is 7. The average molecular weight is 372 g/mol. The minimum absolute atomic E-state index is 0.231. The molecule has 2 aromatic rings. The van der Waals surface area contributed by atoms with Crippen LogP contribution in [0.15, 0.2) is 59.7 Å². The summed E-state index contributed by atoms with van der Waals surface area (Å²) >= 11 is 5.84. The van der Waals surface area contributed by atoms with Crippen molar-refractivity contribution in [3.63, 3.8) is 0 Å². The number of nitrogens with one attached hydrogen (secondary N) is 2. The van der Waals surface area contributed by atoms with Crippen molar-refractivity contribution in [2.75, 3.05) is 0 Å². The zero-order valence-corrected chi connectivity index (χ0v) is 15.5. The molecule has 0 aliphatic carbocycles. The molecule has 0 aromatic heterocycles. The van der Waals surface area contributed by atoms with Crippen molar-refractivity contribution < 1.29 is 9.59 Å². The summed E-state index contributed by atoms with van der Waals surface area (Å²) < 4.78 is 0. The van der Waals surface area contributed by atoms with Crippen LogP contribution in [0, 0.1) is 5.92 Å². The van der Waals surface area contributed by atoms with Crippen molar-refractivity contribution in [3.05, 3.63) is 70.7 Å². The standard InChI is InChI=1S/C20H22ClN3O2/c1-14(2)12-18(23-19(25)16-8-10-17(21)11-9-16)20(26)24-22-13-15-6-4-3-5-7-15/h3-11,13-14,18H,12H2,1-2H3,(H,23,25)(H,24,26)/b22-13+. The molecule has 2 rings (SSSR count). The summed E-state index contributed by atoms with van der Waals surface area (Å²) in [7, 11) is 0. The number of amides is 2. The predicted octanol–water partition coefficient (Wildman–Crippen LogP) is 3.63. The van der Waals surface area contributed by atoms with E-state index in [0.717, 1.165) is 5.56 Å². The second-order valence-electron chi connectivity index (χ2n) is 6.31. The van der Waals surface area contributed by atoms with Crippen molar-refractivity contribution in [1.29, 1.82) is 0 Å². The van der Waals surface area contributed by atoms with Gasteiger partial charge in [0.2, 0.25) is 0 Å². The minimum Gasteiger partial charge on any atom is -0.340 e. The van der Waals surface area contributed by atoms with Gasteiger partial charge < -0.3 is 5.32 Å². The molecule has 2 amide bonds. The maximum absolute atomic E-state index is 12.4. The van der Waals surface area contributed by atoms with Crippen LogP contribution in [-0.2, 0) is 4.79 Å². The first-order valence-electron chi connectivity index (χ1n) is 8.40. The van der Waals surface area contributed by atoms with E-state index in [1.54, 1.807) is 30.5 Å². The number of nitrogens with zero attached hydrogens (tertiary/aromatic N) is 1. The van der Waals surface area contributed by atoms with Crippen LogP contribution in [0.2, 0.25) is 5.02 Å². The van der Waals surface area contributed by atoms with Gasteiger partial charge in [0.25, 0.3) is 11.8 Å². The fourth-order valence-corrected chi connectivity index (χ4v) is 2.46. The van der Waals surface area contributed by atoms with Gasteiger partial charge in [-0.3, -0.25) is 9.59 Å². The maximum atomic E-state index is 12.4. The zero-order chi connectivity index (χ0) is 18.9. The number of carbonyl (C=O) groups excluding carboxylic acids is 2. The van der Waals surface area contributed by atoms with E-state index in [0.29, 0.717) is 17.0 Å². The van der Waals surface area contributed by atoms with Gasteiger partial charge in [-0.05, 0) is 42.2 Å². The normalized spacial score (nSPS) is 12.2. The molecule has 1 atom stereocenters. The highest BCUT2D eigenvalue weighted by atomic mass is 35.5. The Morgan fingerprint density at radius 3 is 2.35 bits per heavy atom. The third kappa shape index (κ3) is 6.33. The minimum atomic E-state index is -0.675. The first-order valence-corrected chi connectivity index (χ1v) is 8.78. The summed E-state index contributed by atoms with van der Waals surface area (Å²) in [6.45, 7) is 3.98. The summed E-state index contributed by atoms with van der Waals surface area (Å²) in [6, 6.07) is 15.3. The lowest BCUT2D eigenvalue weighted by atomic mass is 10.0. The summed E-state index contributed by atoms with van der Waals surface area (Å²) in [6.07, 6.45) is 2.07. The van der Waals surface area contributed by atoms with Crippen LogP contribution < -0.4 is 10.7 Å². The summed E-state index contributed by atoms with van der Waals surface area (Å²) in [5.74, 6) is -0.447. The third-order valence-corrected chi connectivity index (χ3v) is 3.88. The molecule has 0 saturated heterocycles. The Hall–Kier alpha value is -2.66. The number of carbonyl (C=O) groups is 2. The van der Waals surface area contributed by atoms with Crippen LogP contribution in [0.25, 0.3) is 0 Å².